The highest BCUT2D eigenvalue weighted by molar-refractivity contribution is 6.30. The average molecular weight is 394 g/mol. The molecule has 4 aromatic rings. The molecule has 2 aromatic carbocycles. The summed E-state index contributed by atoms with van der Waals surface area (Å²) in [6.07, 6.45) is 0. The van der Waals surface area contributed by atoms with E-state index in [4.69, 9.17) is 16.3 Å². The Balaban J connectivity index is 1.95. The van der Waals surface area contributed by atoms with Crippen LogP contribution in [0.3, 0.4) is 0 Å². The summed E-state index contributed by atoms with van der Waals surface area (Å²) < 4.78 is 6.77. The molecule has 0 fully saturated rings. The van der Waals surface area contributed by atoms with Crippen LogP contribution < -0.4 is 0 Å². The lowest BCUT2D eigenvalue weighted by Gasteiger charge is -2.13. The van der Waals surface area contributed by atoms with Crippen LogP contribution in [0.2, 0.25) is 5.02 Å². The quantitative estimate of drug-likeness (QED) is 0.487. The molecule has 0 bridgehead atoms. The highest BCUT2D eigenvalue weighted by Gasteiger charge is 2.22. The van der Waals surface area contributed by atoms with Crippen LogP contribution in [0.1, 0.15) is 23.0 Å². The number of aryl methyl sites for hydroxylation is 1. The fourth-order valence-corrected chi connectivity index (χ4v) is 3.06. The van der Waals surface area contributed by atoms with Gasteiger partial charge in [0.25, 0.3) is 5.95 Å². The molecule has 0 atom stereocenters. The van der Waals surface area contributed by atoms with Crippen molar-refractivity contribution in [2.24, 2.45) is 0 Å². The zero-order valence-corrected chi connectivity index (χ0v) is 16.0. The Morgan fingerprint density at radius 2 is 1.86 bits per heavy atom. The Kier molecular flexibility index (Phi) is 4.75. The molecule has 0 aliphatic carbocycles. The minimum Gasteiger partial charge on any atom is -0.462 e. The van der Waals surface area contributed by atoms with Crippen LogP contribution in [0.15, 0.2) is 48.5 Å². The van der Waals surface area contributed by atoms with Gasteiger partial charge in [0.05, 0.1) is 23.5 Å². The topological polar surface area (TPSA) is 82.8 Å². The number of fused-ring (bicyclic) bond motifs is 1. The summed E-state index contributed by atoms with van der Waals surface area (Å²) in [5.41, 5.74) is 3.49. The molecule has 0 saturated carbocycles. The number of hydrogen-bond donors (Lipinski definition) is 0. The molecule has 8 heteroatoms. The first kappa shape index (κ1) is 18.1. The highest BCUT2D eigenvalue weighted by atomic mass is 35.5. The summed E-state index contributed by atoms with van der Waals surface area (Å²) in [5.74, 6) is -0.149. The van der Waals surface area contributed by atoms with Gasteiger partial charge in [0, 0.05) is 10.6 Å². The second-order valence-electron chi connectivity index (χ2n) is 6.05. The van der Waals surface area contributed by atoms with Gasteiger partial charge in [0.1, 0.15) is 11.1 Å². The van der Waals surface area contributed by atoms with E-state index in [1.165, 1.54) is 0 Å². The zero-order valence-electron chi connectivity index (χ0n) is 15.3. The molecule has 0 radical (unpaired) electrons. The van der Waals surface area contributed by atoms with Crippen LogP contribution in [0, 0.1) is 6.92 Å². The number of para-hydroxylation sites is 1. The van der Waals surface area contributed by atoms with Crippen LogP contribution in [-0.2, 0) is 4.74 Å². The van der Waals surface area contributed by atoms with E-state index in [0.29, 0.717) is 27.9 Å². The maximum absolute atomic E-state index is 12.6. The predicted octanol–water partition coefficient (Wildman–Crippen LogP) is 4.02. The molecule has 7 nitrogen and oxygen atoms in total. The van der Waals surface area contributed by atoms with Gasteiger partial charge < -0.3 is 4.74 Å². The predicted molar refractivity (Wildman–Crippen MR) is 106 cm³/mol. The van der Waals surface area contributed by atoms with Gasteiger partial charge in [-0.1, -0.05) is 41.1 Å². The van der Waals surface area contributed by atoms with Crippen molar-refractivity contribution in [3.05, 3.63) is 64.8 Å². The minimum absolute atomic E-state index is 0.258. The van der Waals surface area contributed by atoms with E-state index in [-0.39, 0.29) is 6.61 Å². The molecule has 4 rings (SSSR count). The molecule has 2 heterocycles. The molecule has 0 amide bonds. The first-order valence-electron chi connectivity index (χ1n) is 8.71. The van der Waals surface area contributed by atoms with E-state index in [1.807, 2.05) is 24.3 Å². The van der Waals surface area contributed by atoms with Gasteiger partial charge in [-0.15, -0.1) is 5.10 Å². The lowest BCUT2D eigenvalue weighted by molar-refractivity contribution is 0.0525. The normalized spacial score (nSPS) is 11.0. The van der Waals surface area contributed by atoms with Crippen molar-refractivity contribution in [3.8, 4) is 17.2 Å². The van der Waals surface area contributed by atoms with E-state index in [1.54, 1.807) is 42.8 Å². The maximum Gasteiger partial charge on any atom is 0.342 e. The van der Waals surface area contributed by atoms with Gasteiger partial charge in [-0.2, -0.15) is 4.68 Å². The summed E-state index contributed by atoms with van der Waals surface area (Å²) in [4.78, 5) is 21.7. The number of carbonyl (C=O) groups excluding carboxylic acids is 1. The first-order valence-corrected chi connectivity index (χ1v) is 9.08. The summed E-state index contributed by atoms with van der Waals surface area (Å²) in [6.45, 7) is 3.76. The third kappa shape index (κ3) is 3.20. The number of carbonyl (C=O) groups is 1. The fourth-order valence-electron chi connectivity index (χ4n) is 2.93. The van der Waals surface area contributed by atoms with E-state index >= 15 is 0 Å². The molecule has 0 unspecified atom stereocenters. The van der Waals surface area contributed by atoms with Crippen LogP contribution in [0.5, 0.6) is 0 Å². The second-order valence-corrected chi connectivity index (χ2v) is 6.49. The largest absolute Gasteiger partial charge is 0.462 e. The first-order chi connectivity index (χ1) is 13.6. The standard InChI is InChI=1S/C20H16ClN5O2/c1-3-28-19(27)17-12(2)22-20(23-18(17)13-8-10-14(21)11-9-13)26-16-7-5-4-6-15(16)24-25-26/h4-11H,3H2,1-2H3. The Hall–Kier alpha value is -3.32. The fraction of sp³-hybridized carbons (Fsp3) is 0.150. The minimum atomic E-state index is -0.472. The van der Waals surface area contributed by atoms with Crippen molar-refractivity contribution in [1.29, 1.82) is 0 Å². The van der Waals surface area contributed by atoms with Crippen molar-refractivity contribution in [3.63, 3.8) is 0 Å². The molecule has 140 valence electrons. The highest BCUT2D eigenvalue weighted by Crippen LogP contribution is 2.27. The Bertz CT molecular complexity index is 1170. The van der Waals surface area contributed by atoms with Gasteiger partial charge >= 0.3 is 5.97 Å². The average Bonchev–Trinajstić information content (AvgIpc) is 3.12. The van der Waals surface area contributed by atoms with Crippen molar-refractivity contribution in [1.82, 2.24) is 25.0 Å². The number of esters is 1. The van der Waals surface area contributed by atoms with Gasteiger partial charge in [0.15, 0.2) is 0 Å². The van der Waals surface area contributed by atoms with Gasteiger partial charge in [-0.3, -0.25) is 0 Å². The molecule has 0 N–H and O–H groups in total. The number of halogens is 1. The lowest BCUT2D eigenvalue weighted by Crippen LogP contribution is -2.14. The number of benzene rings is 2. The zero-order chi connectivity index (χ0) is 19.7. The molecule has 0 spiro atoms. The van der Waals surface area contributed by atoms with Gasteiger partial charge in [-0.25, -0.2) is 14.8 Å². The third-order valence-electron chi connectivity index (χ3n) is 4.22. The molecule has 0 saturated heterocycles. The van der Waals surface area contributed by atoms with E-state index in [2.05, 4.69) is 20.3 Å². The SMILES string of the molecule is CCOC(=O)c1c(C)nc(-n2nnc3ccccc32)nc1-c1ccc(Cl)cc1. The molecule has 28 heavy (non-hydrogen) atoms. The van der Waals surface area contributed by atoms with E-state index in [9.17, 15) is 4.79 Å². The monoisotopic (exact) mass is 393 g/mol. The molecule has 0 aliphatic heterocycles. The number of rotatable bonds is 4. The third-order valence-corrected chi connectivity index (χ3v) is 4.47. The van der Waals surface area contributed by atoms with Gasteiger partial charge in [0.2, 0.25) is 0 Å². The van der Waals surface area contributed by atoms with Crippen molar-refractivity contribution < 1.29 is 9.53 Å². The van der Waals surface area contributed by atoms with Crippen LogP contribution in [-0.4, -0.2) is 37.5 Å². The summed E-state index contributed by atoms with van der Waals surface area (Å²) in [6, 6.07) is 14.6. The van der Waals surface area contributed by atoms with Crippen molar-refractivity contribution in [2.45, 2.75) is 13.8 Å². The number of ether oxygens (including phenoxy) is 1. The van der Waals surface area contributed by atoms with Crippen LogP contribution in [0.25, 0.3) is 28.2 Å². The summed E-state index contributed by atoms with van der Waals surface area (Å²) in [5, 5.41) is 8.91. The summed E-state index contributed by atoms with van der Waals surface area (Å²) >= 11 is 6.01. The molecule has 0 aliphatic rings. The Morgan fingerprint density at radius 1 is 1.11 bits per heavy atom. The van der Waals surface area contributed by atoms with E-state index in [0.717, 1.165) is 16.6 Å². The molecular formula is C20H16ClN5O2. The van der Waals surface area contributed by atoms with Crippen molar-refractivity contribution >= 4 is 28.6 Å². The van der Waals surface area contributed by atoms with Crippen LogP contribution >= 0.6 is 11.6 Å². The number of hydrogen-bond acceptors (Lipinski definition) is 6. The number of aromatic nitrogens is 5. The maximum atomic E-state index is 12.6. The lowest BCUT2D eigenvalue weighted by atomic mass is 10.0. The van der Waals surface area contributed by atoms with Crippen LogP contribution in [0.4, 0.5) is 0 Å². The smallest absolute Gasteiger partial charge is 0.342 e. The van der Waals surface area contributed by atoms with E-state index < -0.39 is 5.97 Å². The molecular weight excluding hydrogens is 378 g/mol. The number of nitrogens with zero attached hydrogens (tertiary/aromatic N) is 5. The summed E-state index contributed by atoms with van der Waals surface area (Å²) in [7, 11) is 0. The Labute approximate surface area is 165 Å². The van der Waals surface area contributed by atoms with Gasteiger partial charge in [-0.05, 0) is 38.1 Å². The second kappa shape index (κ2) is 7.36. The molecule has 2 aromatic heterocycles. The van der Waals surface area contributed by atoms with Crippen molar-refractivity contribution in [2.75, 3.05) is 6.61 Å². The Morgan fingerprint density at radius 3 is 2.61 bits per heavy atom.